The second-order valence-corrected chi connectivity index (χ2v) is 1.87. The Balaban J connectivity index is 0. The third-order valence-corrected chi connectivity index (χ3v) is 0.726. The van der Waals surface area contributed by atoms with Gasteiger partial charge in [-0.05, 0) is 0 Å². The van der Waals surface area contributed by atoms with Gasteiger partial charge in [-0.15, -0.1) is 6.42 Å². The highest BCUT2D eigenvalue weighted by atomic mass is 19.4. The molecule has 0 aromatic rings. The van der Waals surface area contributed by atoms with E-state index >= 15 is 0 Å². The second kappa shape index (κ2) is 7.64. The summed E-state index contributed by atoms with van der Waals surface area (Å²) in [6.07, 6.45) is -0.320. The monoisotopic (exact) mass is 227 g/mol. The van der Waals surface area contributed by atoms with Gasteiger partial charge in [-0.2, -0.15) is 13.2 Å². The van der Waals surface area contributed by atoms with E-state index in [9.17, 15) is 18.0 Å². The van der Waals surface area contributed by atoms with Gasteiger partial charge in [-0.1, -0.05) is 5.92 Å². The van der Waals surface area contributed by atoms with Crippen LogP contribution < -0.4 is 5.73 Å². The normalized spacial score (nSPS) is 9.27. The molecule has 0 aliphatic heterocycles. The number of halogens is 3. The number of alkyl halides is 3. The SMILES string of the molecule is C#CCOC(=O)CN.O=C(O)C(F)(F)F. The quantitative estimate of drug-likeness (QED) is 0.501. The van der Waals surface area contributed by atoms with Gasteiger partial charge in [0.1, 0.15) is 0 Å². The van der Waals surface area contributed by atoms with Gasteiger partial charge in [0.25, 0.3) is 0 Å². The summed E-state index contributed by atoms with van der Waals surface area (Å²) in [6, 6.07) is 0. The van der Waals surface area contributed by atoms with E-state index < -0.39 is 18.1 Å². The minimum absolute atomic E-state index is 0.00995. The zero-order valence-corrected chi connectivity index (χ0v) is 7.37. The molecule has 15 heavy (non-hydrogen) atoms. The fourth-order valence-corrected chi connectivity index (χ4v) is 0.181. The summed E-state index contributed by atoms with van der Waals surface area (Å²) in [7, 11) is 0. The van der Waals surface area contributed by atoms with E-state index in [0.717, 1.165) is 0 Å². The molecule has 0 spiro atoms. The van der Waals surface area contributed by atoms with Gasteiger partial charge in [-0.25, -0.2) is 4.79 Å². The van der Waals surface area contributed by atoms with Crippen molar-refractivity contribution < 1.29 is 32.6 Å². The first-order chi connectivity index (χ1) is 6.75. The molecule has 3 N–H and O–H groups in total. The molecule has 0 aliphatic rings. The van der Waals surface area contributed by atoms with Crippen molar-refractivity contribution in [2.45, 2.75) is 6.18 Å². The number of hydrogen-bond donors (Lipinski definition) is 2. The molecule has 0 rings (SSSR count). The minimum Gasteiger partial charge on any atom is -0.475 e. The van der Waals surface area contributed by atoms with Crippen molar-refractivity contribution >= 4 is 11.9 Å². The Labute approximate surface area is 83.0 Å². The summed E-state index contributed by atoms with van der Waals surface area (Å²) in [5, 5.41) is 7.12. The van der Waals surface area contributed by atoms with Crippen LogP contribution >= 0.6 is 0 Å². The van der Waals surface area contributed by atoms with Gasteiger partial charge >= 0.3 is 18.1 Å². The van der Waals surface area contributed by atoms with Crippen molar-refractivity contribution in [1.82, 2.24) is 0 Å². The third kappa shape index (κ3) is 12.2. The highest BCUT2D eigenvalue weighted by Gasteiger charge is 2.38. The fraction of sp³-hybridized carbons (Fsp3) is 0.429. The maximum absolute atomic E-state index is 10.6. The number of aliphatic carboxylic acids is 1. The summed E-state index contributed by atoms with van der Waals surface area (Å²) in [6.45, 7) is -0.0995. The van der Waals surface area contributed by atoms with Crippen molar-refractivity contribution in [3.63, 3.8) is 0 Å². The number of esters is 1. The molecule has 5 nitrogen and oxygen atoms in total. The zero-order valence-electron chi connectivity index (χ0n) is 7.37. The predicted octanol–water partition coefficient (Wildman–Crippen LogP) is -0.245. The van der Waals surface area contributed by atoms with Crippen molar-refractivity contribution in [2.75, 3.05) is 13.2 Å². The van der Waals surface area contributed by atoms with Gasteiger partial charge in [0.05, 0.1) is 6.54 Å². The molecule has 0 aliphatic carbocycles. The number of carbonyl (C=O) groups is 2. The smallest absolute Gasteiger partial charge is 0.475 e. The fourth-order valence-electron chi connectivity index (χ4n) is 0.181. The number of terminal acetylenes is 1. The van der Waals surface area contributed by atoms with Gasteiger partial charge < -0.3 is 15.6 Å². The molecule has 0 atom stereocenters. The summed E-state index contributed by atoms with van der Waals surface area (Å²) < 4.78 is 36.1. The first-order valence-corrected chi connectivity index (χ1v) is 3.35. The molecule has 0 unspecified atom stereocenters. The average molecular weight is 227 g/mol. The average Bonchev–Trinajstić information content (AvgIpc) is 2.13. The first kappa shape index (κ1) is 15.7. The van der Waals surface area contributed by atoms with Gasteiger partial charge in [0, 0.05) is 0 Å². The van der Waals surface area contributed by atoms with Crippen LogP contribution in [0.25, 0.3) is 0 Å². The van der Waals surface area contributed by atoms with Crippen LogP contribution in [0, 0.1) is 12.3 Å². The first-order valence-electron chi connectivity index (χ1n) is 3.35. The number of hydrogen-bond acceptors (Lipinski definition) is 4. The highest BCUT2D eigenvalue weighted by molar-refractivity contribution is 5.73. The molecule has 0 aromatic heterocycles. The maximum atomic E-state index is 10.6. The molecule has 0 saturated heterocycles. The van der Waals surface area contributed by atoms with E-state index in [1.165, 1.54) is 0 Å². The number of rotatable bonds is 2. The molecular formula is C7H8F3NO4. The largest absolute Gasteiger partial charge is 0.490 e. The number of carboxylic acid groups (broad SMARTS) is 1. The molecule has 0 aromatic carbocycles. The Hall–Kier alpha value is -1.75. The second-order valence-electron chi connectivity index (χ2n) is 1.87. The van der Waals surface area contributed by atoms with E-state index in [1.54, 1.807) is 0 Å². The third-order valence-electron chi connectivity index (χ3n) is 0.726. The van der Waals surface area contributed by atoms with Crippen LogP contribution in [0.15, 0.2) is 0 Å². The number of carbonyl (C=O) groups excluding carboxylic acids is 1. The minimum atomic E-state index is -5.08. The van der Waals surface area contributed by atoms with Gasteiger partial charge in [0.2, 0.25) is 0 Å². The predicted molar refractivity (Wildman–Crippen MR) is 42.5 cm³/mol. The van der Waals surface area contributed by atoms with E-state index in [0.29, 0.717) is 0 Å². The van der Waals surface area contributed by atoms with E-state index in [1.807, 2.05) is 0 Å². The molecule has 0 radical (unpaired) electrons. The lowest BCUT2D eigenvalue weighted by Gasteiger charge is -1.93. The van der Waals surface area contributed by atoms with E-state index in [4.69, 9.17) is 22.1 Å². The topological polar surface area (TPSA) is 89.6 Å². The van der Waals surface area contributed by atoms with Crippen molar-refractivity contribution in [2.24, 2.45) is 5.73 Å². The Bertz CT molecular complexity index is 256. The van der Waals surface area contributed by atoms with Crippen LogP contribution in [-0.4, -0.2) is 36.4 Å². The summed E-state index contributed by atoms with van der Waals surface area (Å²) >= 11 is 0. The number of carboxylic acids is 1. The molecule has 86 valence electrons. The summed E-state index contributed by atoms with van der Waals surface area (Å²) in [4.78, 5) is 19.0. The molecule has 0 saturated carbocycles. The highest BCUT2D eigenvalue weighted by Crippen LogP contribution is 2.13. The standard InChI is InChI=1S/C5H7NO2.C2HF3O2/c1-2-3-8-5(7)4-6;3-2(4,5)1(6)7/h1H,3-4,6H2;(H,6,7). The lowest BCUT2D eigenvalue weighted by atomic mass is 10.7. The van der Waals surface area contributed by atoms with Crippen LogP contribution in [0.4, 0.5) is 13.2 Å². The molecule has 0 heterocycles. The van der Waals surface area contributed by atoms with Crippen LogP contribution in [-0.2, 0) is 14.3 Å². The van der Waals surface area contributed by atoms with Crippen molar-refractivity contribution in [1.29, 1.82) is 0 Å². The van der Waals surface area contributed by atoms with Crippen molar-refractivity contribution in [3.8, 4) is 12.3 Å². The molecule has 0 bridgehead atoms. The Morgan fingerprint density at radius 2 is 1.87 bits per heavy atom. The maximum Gasteiger partial charge on any atom is 0.490 e. The Morgan fingerprint density at radius 3 is 2.07 bits per heavy atom. The van der Waals surface area contributed by atoms with Gasteiger partial charge in [-0.3, -0.25) is 4.79 Å². The molecule has 0 amide bonds. The number of nitrogens with two attached hydrogens (primary N) is 1. The molecule has 0 fully saturated rings. The molecule has 8 heteroatoms. The summed E-state index contributed by atoms with van der Waals surface area (Å²) in [5.74, 6) is -1.09. The Morgan fingerprint density at radius 1 is 1.47 bits per heavy atom. The zero-order chi connectivity index (χ0) is 12.5. The van der Waals surface area contributed by atoms with Crippen LogP contribution in [0.5, 0.6) is 0 Å². The lowest BCUT2D eigenvalue weighted by molar-refractivity contribution is -0.192. The van der Waals surface area contributed by atoms with Crippen molar-refractivity contribution in [3.05, 3.63) is 0 Å². The van der Waals surface area contributed by atoms with Gasteiger partial charge in [0.15, 0.2) is 6.61 Å². The van der Waals surface area contributed by atoms with E-state index in [2.05, 4.69) is 10.7 Å². The van der Waals surface area contributed by atoms with Crippen LogP contribution in [0.1, 0.15) is 0 Å². The van der Waals surface area contributed by atoms with Crippen LogP contribution in [0.3, 0.4) is 0 Å². The lowest BCUT2D eigenvalue weighted by Crippen LogP contribution is -2.21. The molecular weight excluding hydrogens is 219 g/mol. The Kier molecular flexibility index (Phi) is 8.00. The van der Waals surface area contributed by atoms with Crippen LogP contribution in [0.2, 0.25) is 0 Å². The summed E-state index contributed by atoms with van der Waals surface area (Å²) in [5.41, 5.74) is 4.87. The number of ether oxygens (including phenoxy) is 1. The van der Waals surface area contributed by atoms with E-state index in [-0.39, 0.29) is 13.2 Å².